The molecule has 1 saturated heterocycles. The lowest BCUT2D eigenvalue weighted by Crippen LogP contribution is -2.42. The van der Waals surface area contributed by atoms with Gasteiger partial charge in [0.15, 0.2) is 5.13 Å². The first-order valence-corrected chi connectivity index (χ1v) is 11.9. The lowest BCUT2D eigenvalue weighted by molar-refractivity contribution is -0.122. The predicted molar refractivity (Wildman–Crippen MR) is 134 cm³/mol. The SMILES string of the molecule is Cc1nc(NCN2CCCC2C(N)=O)cc(Nc2ncc(C(=O)Nc3c(C)cccc3Cl)s2)n1. The molecule has 12 heteroatoms. The molecule has 3 aromatic rings. The molecule has 1 atom stereocenters. The molecule has 0 aliphatic carbocycles. The Kier molecular flexibility index (Phi) is 7.25. The van der Waals surface area contributed by atoms with E-state index >= 15 is 0 Å². The summed E-state index contributed by atoms with van der Waals surface area (Å²) >= 11 is 7.41. The fraction of sp³-hybridized carbons (Fsp3) is 0.318. The maximum absolute atomic E-state index is 12.7. The first-order valence-electron chi connectivity index (χ1n) is 10.7. The van der Waals surface area contributed by atoms with Crippen molar-refractivity contribution in [3.63, 3.8) is 0 Å². The first kappa shape index (κ1) is 23.9. The maximum Gasteiger partial charge on any atom is 0.267 e. The van der Waals surface area contributed by atoms with Crippen LogP contribution in [0.4, 0.5) is 22.5 Å². The minimum absolute atomic E-state index is 0.262. The summed E-state index contributed by atoms with van der Waals surface area (Å²) in [6.45, 7) is 4.91. The second kappa shape index (κ2) is 10.3. The van der Waals surface area contributed by atoms with Crippen molar-refractivity contribution in [1.29, 1.82) is 0 Å². The summed E-state index contributed by atoms with van der Waals surface area (Å²) in [6.07, 6.45) is 3.20. The Morgan fingerprint density at radius 1 is 1.26 bits per heavy atom. The van der Waals surface area contributed by atoms with Gasteiger partial charge in [0.25, 0.3) is 5.91 Å². The van der Waals surface area contributed by atoms with Gasteiger partial charge in [0.05, 0.1) is 29.6 Å². The van der Waals surface area contributed by atoms with Gasteiger partial charge in [-0.3, -0.25) is 14.5 Å². The van der Waals surface area contributed by atoms with E-state index in [0.717, 1.165) is 24.9 Å². The minimum Gasteiger partial charge on any atom is -0.368 e. The summed E-state index contributed by atoms with van der Waals surface area (Å²) < 4.78 is 0. The Hall–Kier alpha value is -3.28. The van der Waals surface area contributed by atoms with Crippen LogP contribution in [0.15, 0.2) is 30.5 Å². The van der Waals surface area contributed by atoms with E-state index in [1.54, 1.807) is 19.1 Å². The van der Waals surface area contributed by atoms with Crippen molar-refractivity contribution in [2.75, 3.05) is 29.2 Å². The van der Waals surface area contributed by atoms with E-state index < -0.39 is 0 Å². The summed E-state index contributed by atoms with van der Waals surface area (Å²) in [4.78, 5) is 39.8. The van der Waals surface area contributed by atoms with E-state index in [2.05, 4.69) is 30.9 Å². The molecule has 34 heavy (non-hydrogen) atoms. The number of likely N-dealkylation sites (tertiary alicyclic amines) is 1. The number of carbonyl (C=O) groups is 2. The van der Waals surface area contributed by atoms with Crippen molar-refractivity contribution in [3.8, 4) is 0 Å². The van der Waals surface area contributed by atoms with Gasteiger partial charge in [-0.1, -0.05) is 35.1 Å². The maximum atomic E-state index is 12.7. The number of para-hydroxylation sites is 1. The highest BCUT2D eigenvalue weighted by Crippen LogP contribution is 2.28. The molecule has 3 heterocycles. The highest BCUT2D eigenvalue weighted by molar-refractivity contribution is 7.17. The first-order chi connectivity index (χ1) is 16.3. The second-order valence-corrected chi connectivity index (χ2v) is 9.37. The van der Waals surface area contributed by atoms with Gasteiger partial charge in [-0.2, -0.15) is 0 Å². The molecule has 4 rings (SSSR count). The van der Waals surface area contributed by atoms with E-state index in [1.165, 1.54) is 17.5 Å². The molecular weight excluding hydrogens is 476 g/mol. The lowest BCUT2D eigenvalue weighted by atomic mass is 10.2. The molecule has 10 nitrogen and oxygen atoms in total. The van der Waals surface area contributed by atoms with Gasteiger partial charge in [-0.05, 0) is 38.3 Å². The molecule has 0 bridgehead atoms. The fourth-order valence-electron chi connectivity index (χ4n) is 3.75. The molecule has 2 aromatic heterocycles. The molecule has 0 spiro atoms. The Morgan fingerprint density at radius 2 is 2.06 bits per heavy atom. The summed E-state index contributed by atoms with van der Waals surface area (Å²) in [5.74, 6) is 1.09. The van der Waals surface area contributed by atoms with Crippen LogP contribution in [0.3, 0.4) is 0 Å². The van der Waals surface area contributed by atoms with E-state index in [4.69, 9.17) is 17.3 Å². The number of thiazole rings is 1. The summed E-state index contributed by atoms with van der Waals surface area (Å²) in [5.41, 5.74) is 6.94. The van der Waals surface area contributed by atoms with Gasteiger partial charge in [-0.15, -0.1) is 0 Å². The van der Waals surface area contributed by atoms with E-state index in [0.29, 0.717) is 44.8 Å². The molecule has 1 aliphatic rings. The highest BCUT2D eigenvalue weighted by Gasteiger charge is 2.28. The van der Waals surface area contributed by atoms with E-state index in [1.807, 2.05) is 24.0 Å². The van der Waals surface area contributed by atoms with Crippen LogP contribution in [0.2, 0.25) is 5.02 Å². The number of hydrogen-bond acceptors (Lipinski definition) is 9. The Balaban J connectivity index is 1.41. The third kappa shape index (κ3) is 5.61. The van der Waals surface area contributed by atoms with Crippen LogP contribution in [0.1, 0.15) is 33.9 Å². The monoisotopic (exact) mass is 500 g/mol. The number of anilines is 4. The molecule has 1 fully saturated rings. The number of primary amides is 1. The smallest absolute Gasteiger partial charge is 0.267 e. The van der Waals surface area contributed by atoms with Gasteiger partial charge >= 0.3 is 0 Å². The Labute approximate surface area is 205 Å². The number of halogens is 1. The molecule has 0 saturated carbocycles. The normalized spacial score (nSPS) is 15.8. The zero-order valence-corrected chi connectivity index (χ0v) is 20.3. The number of aromatic nitrogens is 3. The van der Waals surface area contributed by atoms with Crippen LogP contribution in [0.5, 0.6) is 0 Å². The predicted octanol–water partition coefficient (Wildman–Crippen LogP) is 3.52. The Morgan fingerprint density at radius 3 is 2.82 bits per heavy atom. The summed E-state index contributed by atoms with van der Waals surface area (Å²) in [7, 11) is 0. The number of carbonyl (C=O) groups excluding carboxylic acids is 2. The zero-order valence-electron chi connectivity index (χ0n) is 18.8. The Bertz CT molecular complexity index is 1200. The van der Waals surface area contributed by atoms with Crippen LogP contribution < -0.4 is 21.7 Å². The van der Waals surface area contributed by atoms with Gasteiger partial charge in [0, 0.05) is 12.6 Å². The molecule has 0 radical (unpaired) electrons. The third-order valence-corrected chi connectivity index (χ3v) is 6.64. The summed E-state index contributed by atoms with van der Waals surface area (Å²) in [6, 6.07) is 6.92. The number of hydrogen-bond donors (Lipinski definition) is 4. The number of nitrogens with two attached hydrogens (primary N) is 1. The average Bonchev–Trinajstić information content (AvgIpc) is 3.44. The number of benzene rings is 1. The molecule has 1 aromatic carbocycles. The van der Waals surface area contributed by atoms with Crippen molar-refractivity contribution in [1.82, 2.24) is 19.9 Å². The van der Waals surface area contributed by atoms with Gasteiger partial charge in [0.1, 0.15) is 22.3 Å². The number of aryl methyl sites for hydroxylation is 2. The largest absolute Gasteiger partial charge is 0.368 e. The quantitative estimate of drug-likeness (QED) is 0.368. The van der Waals surface area contributed by atoms with Gasteiger partial charge < -0.3 is 21.7 Å². The number of nitrogens with zero attached hydrogens (tertiary/aromatic N) is 4. The number of rotatable bonds is 8. The van der Waals surface area contributed by atoms with Crippen molar-refractivity contribution < 1.29 is 9.59 Å². The highest BCUT2D eigenvalue weighted by atomic mass is 35.5. The van der Waals surface area contributed by atoms with Crippen LogP contribution >= 0.6 is 22.9 Å². The minimum atomic E-state index is -0.311. The van der Waals surface area contributed by atoms with Gasteiger partial charge in [0.2, 0.25) is 5.91 Å². The van der Waals surface area contributed by atoms with Crippen molar-refractivity contribution in [2.24, 2.45) is 5.73 Å². The molecule has 1 unspecified atom stereocenters. The van der Waals surface area contributed by atoms with Gasteiger partial charge in [-0.25, -0.2) is 15.0 Å². The number of amides is 2. The number of nitrogens with one attached hydrogen (secondary N) is 3. The van der Waals surface area contributed by atoms with Crippen molar-refractivity contribution in [2.45, 2.75) is 32.7 Å². The zero-order chi connectivity index (χ0) is 24.2. The van der Waals surface area contributed by atoms with Crippen LogP contribution in [-0.4, -0.2) is 50.9 Å². The average molecular weight is 501 g/mol. The molecular formula is C22H25ClN8O2S. The van der Waals surface area contributed by atoms with E-state index in [9.17, 15) is 9.59 Å². The fourth-order valence-corrected chi connectivity index (χ4v) is 4.74. The third-order valence-electron chi connectivity index (χ3n) is 5.42. The van der Waals surface area contributed by atoms with Crippen molar-refractivity contribution in [3.05, 3.63) is 51.7 Å². The summed E-state index contributed by atoms with van der Waals surface area (Å²) in [5, 5.41) is 10.2. The van der Waals surface area contributed by atoms with Crippen LogP contribution in [0, 0.1) is 13.8 Å². The lowest BCUT2D eigenvalue weighted by Gasteiger charge is -2.22. The molecule has 5 N–H and O–H groups in total. The van der Waals surface area contributed by atoms with E-state index in [-0.39, 0.29) is 17.9 Å². The standard InChI is InChI=1S/C22H25ClN8O2S/c1-12-5-3-6-14(23)19(12)30-21(33)16-10-25-22(34-16)29-18-9-17(27-13(2)28-18)26-11-31-8-4-7-15(31)20(24)32/h3,5-6,9-10,15H,4,7-8,11H2,1-2H3,(H2,24,32)(H,30,33)(H2,25,26,27,28,29). The van der Waals surface area contributed by atoms with Crippen LogP contribution in [-0.2, 0) is 4.79 Å². The topological polar surface area (TPSA) is 138 Å². The van der Waals surface area contributed by atoms with Crippen molar-refractivity contribution >= 4 is 57.2 Å². The molecule has 1 aliphatic heterocycles. The van der Waals surface area contributed by atoms with Crippen LogP contribution in [0.25, 0.3) is 0 Å². The molecule has 178 valence electrons. The molecule has 2 amide bonds. The second-order valence-electron chi connectivity index (χ2n) is 7.93.